The van der Waals surface area contributed by atoms with Gasteiger partial charge in [-0.2, -0.15) is 0 Å². The van der Waals surface area contributed by atoms with Crippen molar-refractivity contribution in [1.82, 2.24) is 4.90 Å². The Hall–Kier alpha value is -0.380. The molecule has 1 aliphatic heterocycles. The summed E-state index contributed by atoms with van der Waals surface area (Å²) in [6.45, 7) is 3.34. The highest BCUT2D eigenvalue weighted by atomic mass is 35.5. The van der Waals surface area contributed by atoms with Crippen LogP contribution in [0.15, 0.2) is 17.5 Å². The molecule has 0 N–H and O–H groups in total. The van der Waals surface area contributed by atoms with Gasteiger partial charge in [0.1, 0.15) is 5.78 Å². The van der Waals surface area contributed by atoms with E-state index in [9.17, 15) is 4.79 Å². The molecule has 0 radical (unpaired) electrons. The van der Waals surface area contributed by atoms with Gasteiger partial charge in [-0.15, -0.1) is 23.7 Å². The predicted octanol–water partition coefficient (Wildman–Crippen LogP) is 3.16. The van der Waals surface area contributed by atoms with Crippen molar-refractivity contribution in [1.29, 1.82) is 0 Å². The number of hydrogen-bond donors (Lipinski definition) is 0. The Morgan fingerprint density at radius 3 is 2.71 bits per heavy atom. The topological polar surface area (TPSA) is 20.3 Å². The Labute approximate surface area is 113 Å². The molecule has 2 rings (SSSR count). The number of carbonyl (C=O) groups excluding carboxylic acids is 1. The first-order valence-corrected chi connectivity index (χ1v) is 6.99. The van der Waals surface area contributed by atoms with E-state index in [0.717, 1.165) is 13.0 Å². The quantitative estimate of drug-likeness (QED) is 0.821. The van der Waals surface area contributed by atoms with Crippen molar-refractivity contribution in [3.8, 4) is 0 Å². The summed E-state index contributed by atoms with van der Waals surface area (Å²) in [7, 11) is 0. The molecule has 1 aliphatic rings. The molecule has 0 saturated carbocycles. The molecular formula is C13H20ClNOS. The van der Waals surface area contributed by atoms with E-state index in [-0.39, 0.29) is 12.4 Å². The maximum atomic E-state index is 11.7. The highest BCUT2D eigenvalue weighted by Crippen LogP contribution is 2.12. The molecule has 0 aliphatic carbocycles. The molecule has 4 heteroatoms. The van der Waals surface area contributed by atoms with E-state index in [0.29, 0.717) is 12.2 Å². The lowest BCUT2D eigenvalue weighted by atomic mass is 10.1. The summed E-state index contributed by atoms with van der Waals surface area (Å²) in [4.78, 5) is 15.4. The van der Waals surface area contributed by atoms with Gasteiger partial charge in [-0.25, -0.2) is 0 Å². The fourth-order valence-corrected chi connectivity index (χ4v) is 2.90. The van der Waals surface area contributed by atoms with Crippen LogP contribution in [0, 0.1) is 0 Å². The van der Waals surface area contributed by atoms with E-state index in [1.807, 2.05) is 17.5 Å². The van der Waals surface area contributed by atoms with Gasteiger partial charge in [0.05, 0.1) is 0 Å². The van der Waals surface area contributed by atoms with Gasteiger partial charge in [-0.1, -0.05) is 12.5 Å². The molecule has 0 atom stereocenters. The number of thiophene rings is 1. The highest BCUT2D eigenvalue weighted by molar-refractivity contribution is 7.10. The van der Waals surface area contributed by atoms with E-state index in [4.69, 9.17) is 0 Å². The number of hydrogen-bond acceptors (Lipinski definition) is 3. The Balaban J connectivity index is 0.00000144. The molecule has 0 unspecified atom stereocenters. The second-order valence-electron chi connectivity index (χ2n) is 4.45. The molecule has 96 valence electrons. The van der Waals surface area contributed by atoms with Gasteiger partial charge in [0.25, 0.3) is 0 Å². The molecule has 2 nitrogen and oxygen atoms in total. The van der Waals surface area contributed by atoms with Gasteiger partial charge in [-0.05, 0) is 37.4 Å². The minimum absolute atomic E-state index is 0. The standard InChI is InChI=1S/C13H19NOS.ClH/c15-12(11-13-5-4-10-16-13)6-9-14-7-2-1-3-8-14;/h4-5,10H,1-3,6-9,11H2;1H. The molecular weight excluding hydrogens is 254 g/mol. The number of piperidine rings is 1. The van der Waals surface area contributed by atoms with Gasteiger partial charge < -0.3 is 4.90 Å². The summed E-state index contributed by atoms with van der Waals surface area (Å²) in [6.07, 6.45) is 5.32. The van der Waals surface area contributed by atoms with Crippen molar-refractivity contribution in [2.75, 3.05) is 19.6 Å². The van der Waals surface area contributed by atoms with E-state index in [2.05, 4.69) is 4.90 Å². The van der Waals surface area contributed by atoms with Crippen molar-refractivity contribution in [2.24, 2.45) is 0 Å². The summed E-state index contributed by atoms with van der Waals surface area (Å²) in [5.41, 5.74) is 0. The number of carbonyl (C=O) groups is 1. The van der Waals surface area contributed by atoms with Crippen molar-refractivity contribution in [2.45, 2.75) is 32.1 Å². The van der Waals surface area contributed by atoms with E-state index >= 15 is 0 Å². The van der Waals surface area contributed by atoms with Crippen LogP contribution in [0.2, 0.25) is 0 Å². The smallest absolute Gasteiger partial charge is 0.139 e. The van der Waals surface area contributed by atoms with E-state index < -0.39 is 0 Å². The largest absolute Gasteiger partial charge is 0.303 e. The lowest BCUT2D eigenvalue weighted by Gasteiger charge is -2.25. The fraction of sp³-hybridized carbons (Fsp3) is 0.615. The SMILES string of the molecule is Cl.O=C(CCN1CCCCC1)Cc1cccs1. The molecule has 0 spiro atoms. The van der Waals surface area contributed by atoms with Crippen molar-refractivity contribution < 1.29 is 4.79 Å². The van der Waals surface area contributed by atoms with Crippen molar-refractivity contribution in [3.63, 3.8) is 0 Å². The lowest BCUT2D eigenvalue weighted by Crippen LogP contribution is -2.31. The zero-order valence-electron chi connectivity index (χ0n) is 10.1. The Kier molecular flexibility index (Phi) is 6.78. The van der Waals surface area contributed by atoms with Crippen LogP contribution >= 0.6 is 23.7 Å². The van der Waals surface area contributed by atoms with Crippen LogP contribution in [0.25, 0.3) is 0 Å². The van der Waals surface area contributed by atoms with Gasteiger partial charge in [-0.3, -0.25) is 4.79 Å². The third kappa shape index (κ3) is 5.19. The number of likely N-dealkylation sites (tertiary alicyclic amines) is 1. The van der Waals surface area contributed by atoms with Gasteiger partial charge in [0, 0.05) is 24.3 Å². The predicted molar refractivity (Wildman–Crippen MR) is 75.2 cm³/mol. The minimum Gasteiger partial charge on any atom is -0.303 e. The molecule has 1 aromatic rings. The zero-order chi connectivity index (χ0) is 11.2. The van der Waals surface area contributed by atoms with Crippen LogP contribution in [0.3, 0.4) is 0 Å². The fourth-order valence-electron chi connectivity index (χ4n) is 2.16. The average molecular weight is 274 g/mol. The monoisotopic (exact) mass is 273 g/mol. The Bertz CT molecular complexity index is 320. The lowest BCUT2D eigenvalue weighted by molar-refractivity contribution is -0.118. The maximum absolute atomic E-state index is 11.7. The van der Waals surface area contributed by atoms with E-state index in [1.165, 1.54) is 37.2 Å². The van der Waals surface area contributed by atoms with Crippen LogP contribution in [-0.4, -0.2) is 30.3 Å². The number of Topliss-reactive ketones (excluding diaryl/α,β-unsaturated/α-hetero) is 1. The summed E-state index contributed by atoms with van der Waals surface area (Å²) in [6, 6.07) is 4.06. The minimum atomic E-state index is 0. The Morgan fingerprint density at radius 1 is 1.29 bits per heavy atom. The number of halogens is 1. The number of nitrogens with zero attached hydrogens (tertiary/aromatic N) is 1. The van der Waals surface area contributed by atoms with Gasteiger partial charge in [0.15, 0.2) is 0 Å². The first-order valence-electron chi connectivity index (χ1n) is 6.11. The number of rotatable bonds is 5. The molecule has 0 amide bonds. The molecule has 0 bridgehead atoms. The van der Waals surface area contributed by atoms with Crippen LogP contribution < -0.4 is 0 Å². The maximum Gasteiger partial charge on any atom is 0.139 e. The molecule has 1 fully saturated rings. The summed E-state index contributed by atoms with van der Waals surface area (Å²) < 4.78 is 0. The first-order chi connectivity index (χ1) is 7.84. The normalized spacial score (nSPS) is 16.5. The molecule has 1 saturated heterocycles. The van der Waals surface area contributed by atoms with Crippen molar-refractivity contribution in [3.05, 3.63) is 22.4 Å². The highest BCUT2D eigenvalue weighted by Gasteiger charge is 2.12. The van der Waals surface area contributed by atoms with Crippen LogP contribution in [0.5, 0.6) is 0 Å². The molecule has 17 heavy (non-hydrogen) atoms. The number of ketones is 1. The Morgan fingerprint density at radius 2 is 2.06 bits per heavy atom. The summed E-state index contributed by atoms with van der Waals surface area (Å²) in [5, 5.41) is 2.03. The zero-order valence-corrected chi connectivity index (χ0v) is 11.7. The molecule has 1 aromatic heterocycles. The van der Waals surface area contributed by atoms with Crippen LogP contribution in [0.1, 0.15) is 30.6 Å². The van der Waals surface area contributed by atoms with Gasteiger partial charge in [0.2, 0.25) is 0 Å². The summed E-state index contributed by atoms with van der Waals surface area (Å²) in [5.74, 6) is 0.382. The molecule has 0 aromatic carbocycles. The third-order valence-electron chi connectivity index (χ3n) is 3.11. The van der Waals surface area contributed by atoms with Crippen LogP contribution in [-0.2, 0) is 11.2 Å². The summed E-state index contributed by atoms with van der Waals surface area (Å²) >= 11 is 1.68. The van der Waals surface area contributed by atoms with Crippen LogP contribution in [0.4, 0.5) is 0 Å². The second-order valence-corrected chi connectivity index (χ2v) is 5.48. The first kappa shape index (κ1) is 14.7. The average Bonchev–Trinajstić information content (AvgIpc) is 2.81. The van der Waals surface area contributed by atoms with E-state index in [1.54, 1.807) is 11.3 Å². The van der Waals surface area contributed by atoms with Gasteiger partial charge >= 0.3 is 0 Å². The third-order valence-corrected chi connectivity index (χ3v) is 3.98. The molecule has 2 heterocycles. The van der Waals surface area contributed by atoms with Crippen molar-refractivity contribution >= 4 is 29.5 Å². The second kappa shape index (κ2) is 7.85.